The highest BCUT2D eigenvalue weighted by atomic mass is 16.5. The van der Waals surface area contributed by atoms with E-state index < -0.39 is 5.97 Å². The topological polar surface area (TPSA) is 93.4 Å². The Bertz CT molecular complexity index is 724. The van der Waals surface area contributed by atoms with Gasteiger partial charge in [-0.2, -0.15) is 5.10 Å². The first kappa shape index (κ1) is 17.5. The van der Waals surface area contributed by atoms with Gasteiger partial charge in [0, 0.05) is 26.2 Å². The lowest BCUT2D eigenvalue weighted by atomic mass is 10.1. The largest absolute Gasteiger partial charge is 0.496 e. The van der Waals surface area contributed by atoms with Crippen molar-refractivity contribution in [2.45, 2.75) is 19.3 Å². The molecule has 2 N–H and O–H groups in total. The second kappa shape index (κ2) is 8.14. The molecule has 0 unspecified atom stereocenters. The Morgan fingerprint density at radius 3 is 2.75 bits per heavy atom. The van der Waals surface area contributed by atoms with Crippen molar-refractivity contribution in [1.82, 2.24) is 15.1 Å². The number of aromatic carboxylic acids is 1. The highest BCUT2D eigenvalue weighted by molar-refractivity contribution is 5.88. The number of nitrogens with one attached hydrogen (secondary N) is 1. The predicted molar refractivity (Wildman–Crippen MR) is 88.2 cm³/mol. The predicted octanol–water partition coefficient (Wildman–Crippen LogP) is 1.42. The van der Waals surface area contributed by atoms with E-state index in [1.165, 1.54) is 19.2 Å². The zero-order valence-electron chi connectivity index (χ0n) is 13.8. The fourth-order valence-electron chi connectivity index (χ4n) is 2.37. The molecule has 2 rings (SSSR count). The Morgan fingerprint density at radius 1 is 1.33 bits per heavy atom. The summed E-state index contributed by atoms with van der Waals surface area (Å²) in [5, 5.41) is 15.9. The van der Waals surface area contributed by atoms with Gasteiger partial charge in [-0.3, -0.25) is 9.48 Å². The zero-order chi connectivity index (χ0) is 17.5. The molecular formula is C17H21N3O4. The van der Waals surface area contributed by atoms with Crippen LogP contribution >= 0.6 is 0 Å². The Hall–Kier alpha value is -2.83. The van der Waals surface area contributed by atoms with E-state index in [0.29, 0.717) is 31.6 Å². The molecule has 0 aliphatic heterocycles. The quantitative estimate of drug-likeness (QED) is 0.763. The Kier molecular flexibility index (Phi) is 5.95. The summed E-state index contributed by atoms with van der Waals surface area (Å²) in [4.78, 5) is 22.8. The summed E-state index contributed by atoms with van der Waals surface area (Å²) in [6, 6.07) is 4.73. The molecule has 0 saturated heterocycles. The van der Waals surface area contributed by atoms with Gasteiger partial charge < -0.3 is 15.2 Å². The van der Waals surface area contributed by atoms with Gasteiger partial charge in [0.1, 0.15) is 5.75 Å². The number of nitrogens with zero attached hydrogens (tertiary/aromatic N) is 2. The molecule has 24 heavy (non-hydrogen) atoms. The molecule has 1 amide bonds. The number of aromatic nitrogens is 2. The van der Waals surface area contributed by atoms with Crippen molar-refractivity contribution >= 4 is 11.9 Å². The number of methoxy groups -OCH3 is 1. The second-order valence-corrected chi connectivity index (χ2v) is 5.45. The van der Waals surface area contributed by atoms with Crippen LogP contribution in [0.5, 0.6) is 5.75 Å². The number of hydrogen-bond acceptors (Lipinski definition) is 4. The van der Waals surface area contributed by atoms with E-state index in [4.69, 9.17) is 9.84 Å². The highest BCUT2D eigenvalue weighted by Crippen LogP contribution is 2.20. The van der Waals surface area contributed by atoms with Crippen molar-refractivity contribution in [3.8, 4) is 5.75 Å². The summed E-state index contributed by atoms with van der Waals surface area (Å²) in [6.07, 6.45) is 5.27. The molecule has 0 radical (unpaired) electrons. The normalized spacial score (nSPS) is 10.4. The van der Waals surface area contributed by atoms with E-state index in [2.05, 4.69) is 10.4 Å². The maximum Gasteiger partial charge on any atom is 0.335 e. The van der Waals surface area contributed by atoms with Gasteiger partial charge in [0.2, 0.25) is 5.91 Å². The van der Waals surface area contributed by atoms with E-state index in [9.17, 15) is 9.59 Å². The first-order chi connectivity index (χ1) is 11.5. The van der Waals surface area contributed by atoms with E-state index >= 15 is 0 Å². The molecule has 1 aromatic heterocycles. The van der Waals surface area contributed by atoms with Crippen LogP contribution in [0.2, 0.25) is 0 Å². The summed E-state index contributed by atoms with van der Waals surface area (Å²) in [7, 11) is 3.34. The van der Waals surface area contributed by atoms with Crippen LogP contribution in [0.4, 0.5) is 0 Å². The number of carbonyl (C=O) groups excluding carboxylic acids is 1. The summed E-state index contributed by atoms with van der Waals surface area (Å²) in [5.41, 5.74) is 2.06. The van der Waals surface area contributed by atoms with Crippen molar-refractivity contribution in [2.75, 3.05) is 13.7 Å². The maximum atomic E-state index is 11.9. The number of aryl methyl sites for hydroxylation is 2. The van der Waals surface area contributed by atoms with Crippen LogP contribution in [0.15, 0.2) is 30.6 Å². The summed E-state index contributed by atoms with van der Waals surface area (Å²) in [5.74, 6) is -0.511. The molecule has 128 valence electrons. The van der Waals surface area contributed by atoms with Gasteiger partial charge in [-0.1, -0.05) is 6.07 Å². The van der Waals surface area contributed by atoms with Crippen molar-refractivity contribution < 1.29 is 19.4 Å². The molecule has 0 spiro atoms. The minimum absolute atomic E-state index is 0.0278. The van der Waals surface area contributed by atoms with Gasteiger partial charge in [0.05, 0.1) is 18.9 Å². The molecule has 0 fully saturated rings. The molecule has 0 aliphatic carbocycles. The van der Waals surface area contributed by atoms with Gasteiger partial charge >= 0.3 is 5.97 Å². The Morgan fingerprint density at radius 2 is 2.12 bits per heavy atom. The van der Waals surface area contributed by atoms with E-state index in [1.807, 2.05) is 13.2 Å². The van der Waals surface area contributed by atoms with Crippen molar-refractivity contribution in [3.05, 3.63) is 47.3 Å². The third kappa shape index (κ3) is 4.84. The lowest BCUT2D eigenvalue weighted by Crippen LogP contribution is -2.26. The smallest absolute Gasteiger partial charge is 0.335 e. The van der Waals surface area contributed by atoms with Gasteiger partial charge in [-0.15, -0.1) is 0 Å². The SMILES string of the molecule is COc1cc(C(=O)O)ccc1CCNC(=O)CCc1cnn(C)c1. The molecule has 0 saturated carbocycles. The standard InChI is InChI=1S/C17H21N3O4/c1-20-11-12(10-19-20)3-6-16(21)18-8-7-13-4-5-14(17(22)23)9-15(13)24-2/h4-5,9-11H,3,6-8H2,1-2H3,(H,18,21)(H,22,23). The third-order valence-corrected chi connectivity index (χ3v) is 3.65. The number of carbonyl (C=O) groups is 2. The summed E-state index contributed by atoms with van der Waals surface area (Å²) >= 11 is 0. The molecule has 2 aromatic rings. The summed E-state index contributed by atoms with van der Waals surface area (Å²) < 4.78 is 6.92. The third-order valence-electron chi connectivity index (χ3n) is 3.65. The van der Waals surface area contributed by atoms with Crippen molar-refractivity contribution in [3.63, 3.8) is 0 Å². The zero-order valence-corrected chi connectivity index (χ0v) is 13.8. The number of carboxylic acids is 1. The molecule has 0 bridgehead atoms. The van der Waals surface area contributed by atoms with Crippen LogP contribution in [-0.2, 0) is 24.7 Å². The van der Waals surface area contributed by atoms with Crippen LogP contribution in [0.1, 0.15) is 27.9 Å². The second-order valence-electron chi connectivity index (χ2n) is 5.45. The number of rotatable bonds is 8. The molecule has 7 heteroatoms. The van der Waals surface area contributed by atoms with Crippen LogP contribution < -0.4 is 10.1 Å². The molecular weight excluding hydrogens is 310 g/mol. The number of benzene rings is 1. The Balaban J connectivity index is 1.80. The van der Waals surface area contributed by atoms with E-state index in [0.717, 1.165) is 11.1 Å². The summed E-state index contributed by atoms with van der Waals surface area (Å²) in [6.45, 7) is 0.467. The van der Waals surface area contributed by atoms with Crippen LogP contribution in [-0.4, -0.2) is 40.4 Å². The lowest BCUT2D eigenvalue weighted by Gasteiger charge is -2.10. The van der Waals surface area contributed by atoms with E-state index in [-0.39, 0.29) is 11.5 Å². The molecule has 0 atom stereocenters. The molecule has 0 aliphatic rings. The molecule has 1 heterocycles. The van der Waals surface area contributed by atoms with Crippen LogP contribution in [0.25, 0.3) is 0 Å². The maximum absolute atomic E-state index is 11.9. The van der Waals surface area contributed by atoms with Gasteiger partial charge in [-0.25, -0.2) is 4.79 Å². The average Bonchev–Trinajstić information content (AvgIpc) is 2.98. The van der Waals surface area contributed by atoms with Gasteiger partial charge in [0.15, 0.2) is 0 Å². The van der Waals surface area contributed by atoms with Gasteiger partial charge in [0.25, 0.3) is 0 Å². The molecule has 1 aromatic carbocycles. The minimum Gasteiger partial charge on any atom is -0.496 e. The van der Waals surface area contributed by atoms with E-state index in [1.54, 1.807) is 16.9 Å². The average molecular weight is 331 g/mol. The fraction of sp³-hybridized carbons (Fsp3) is 0.353. The van der Waals surface area contributed by atoms with Crippen LogP contribution in [0.3, 0.4) is 0 Å². The number of carboxylic acid groups (broad SMARTS) is 1. The highest BCUT2D eigenvalue weighted by Gasteiger charge is 2.09. The van der Waals surface area contributed by atoms with Crippen molar-refractivity contribution in [1.29, 1.82) is 0 Å². The first-order valence-corrected chi connectivity index (χ1v) is 7.64. The lowest BCUT2D eigenvalue weighted by molar-refractivity contribution is -0.121. The monoisotopic (exact) mass is 331 g/mol. The first-order valence-electron chi connectivity index (χ1n) is 7.64. The van der Waals surface area contributed by atoms with Gasteiger partial charge in [-0.05, 0) is 36.1 Å². The minimum atomic E-state index is -0.997. The van der Waals surface area contributed by atoms with Crippen LogP contribution in [0, 0.1) is 0 Å². The number of hydrogen-bond donors (Lipinski definition) is 2. The number of ether oxygens (including phenoxy) is 1. The Labute approximate surface area is 140 Å². The number of amides is 1. The fourth-order valence-corrected chi connectivity index (χ4v) is 2.37. The van der Waals surface area contributed by atoms with Crippen molar-refractivity contribution in [2.24, 2.45) is 7.05 Å². The molecule has 7 nitrogen and oxygen atoms in total.